The first-order chi connectivity index (χ1) is 21.1. The van der Waals surface area contributed by atoms with Gasteiger partial charge in [-0.2, -0.15) is 0 Å². The van der Waals surface area contributed by atoms with E-state index in [-0.39, 0.29) is 30.0 Å². The molecule has 0 bridgehead atoms. The number of nitrogens with zero attached hydrogens (tertiary/aromatic N) is 4. The summed E-state index contributed by atoms with van der Waals surface area (Å²) >= 11 is 0. The Hall–Kier alpha value is -4.57. The molecule has 6 rings (SSSR count). The Morgan fingerprint density at radius 3 is 2.82 bits per heavy atom. The van der Waals surface area contributed by atoms with Crippen LogP contribution in [-0.4, -0.2) is 67.6 Å². The molecule has 0 saturated heterocycles. The molecule has 0 aliphatic carbocycles. The van der Waals surface area contributed by atoms with E-state index in [1.807, 2.05) is 0 Å². The number of carbonyl (C=O) groups excluding carboxylic acids is 1. The van der Waals surface area contributed by atoms with E-state index >= 15 is 0 Å². The number of hydrogen-bond acceptors (Lipinski definition) is 10. The number of benzene rings is 1. The molecule has 2 aliphatic rings. The fourth-order valence-corrected chi connectivity index (χ4v) is 6.07. The Labute approximate surface area is 247 Å². The molecule has 0 spiro atoms. The first kappa shape index (κ1) is 29.5. The normalized spacial score (nSPS) is 17.4. The number of sulfone groups is 1. The summed E-state index contributed by atoms with van der Waals surface area (Å²) in [6, 6.07) is 8.49. The first-order valence-electron chi connectivity index (χ1n) is 13.2. The lowest BCUT2D eigenvalue weighted by molar-refractivity contribution is 0.0815. The number of fused-ring (bicyclic) bond motifs is 3. The van der Waals surface area contributed by atoms with Crippen molar-refractivity contribution in [2.75, 3.05) is 31.3 Å². The lowest BCUT2D eigenvalue weighted by Gasteiger charge is -2.29. The molecule has 230 valence electrons. The van der Waals surface area contributed by atoms with Gasteiger partial charge in [0.1, 0.15) is 30.6 Å². The number of ether oxygens (including phenoxy) is 3. The second kappa shape index (κ2) is 11.8. The predicted molar refractivity (Wildman–Crippen MR) is 147 cm³/mol. The number of anilines is 2. The van der Waals surface area contributed by atoms with Crippen LogP contribution in [0.1, 0.15) is 21.6 Å². The fourth-order valence-electron chi connectivity index (χ4n) is 4.73. The number of carbonyl (C=O) groups is 1. The molecule has 1 N–H and O–H groups in total. The molecular weight excluding hydrogens is 610 g/mol. The minimum atomic E-state index is -4.55. The topological polar surface area (TPSA) is 133 Å². The molecule has 5 heterocycles. The Kier molecular flexibility index (Phi) is 7.94. The zero-order chi connectivity index (χ0) is 31.0. The van der Waals surface area contributed by atoms with Crippen LogP contribution in [0.4, 0.5) is 29.2 Å². The van der Waals surface area contributed by atoms with Crippen molar-refractivity contribution in [3.63, 3.8) is 0 Å². The quantitative estimate of drug-likeness (QED) is 0.299. The van der Waals surface area contributed by atoms with Gasteiger partial charge in [-0.15, -0.1) is 0 Å². The van der Waals surface area contributed by atoms with Gasteiger partial charge in [0.05, 0.1) is 48.6 Å². The Morgan fingerprint density at radius 1 is 1.16 bits per heavy atom. The number of rotatable bonds is 7. The molecule has 0 unspecified atom stereocenters. The average molecular weight is 634 g/mol. The van der Waals surface area contributed by atoms with Gasteiger partial charge in [0.15, 0.2) is 11.6 Å². The fraction of sp³-hybridized carbons (Fsp3) is 0.286. The standard InChI is InChI=1S/C28H23F4N5O6S/c29-20-5-16(6-23-19(20)12-41-14-25(32)44(23,39)40)28(38)35-10-17-7-21-15(9-33-17)1-2-26(36-21)37-3-4-42-22-8-18(11-34-27(22)37)43-13-24(30)31/h1-2,5-9,11,24-25H,3-4,10,12-14H2,(H,35,38)/t25-/m1/s1. The highest BCUT2D eigenvalue weighted by Gasteiger charge is 2.35. The van der Waals surface area contributed by atoms with E-state index in [4.69, 9.17) is 19.2 Å². The monoisotopic (exact) mass is 633 g/mol. The molecule has 11 nitrogen and oxygen atoms in total. The highest BCUT2D eigenvalue weighted by atomic mass is 32.2. The maximum Gasteiger partial charge on any atom is 0.272 e. The maximum absolute atomic E-state index is 14.7. The number of amides is 1. The minimum Gasteiger partial charge on any atom is -0.488 e. The van der Waals surface area contributed by atoms with Crippen molar-refractivity contribution in [1.29, 1.82) is 0 Å². The number of alkyl halides is 3. The van der Waals surface area contributed by atoms with Crippen molar-refractivity contribution < 1.29 is 45.0 Å². The molecule has 1 aromatic carbocycles. The van der Waals surface area contributed by atoms with E-state index < -0.39 is 58.2 Å². The number of nitrogens with one attached hydrogen (secondary N) is 1. The van der Waals surface area contributed by atoms with Crippen molar-refractivity contribution in [1.82, 2.24) is 20.3 Å². The van der Waals surface area contributed by atoms with Crippen LogP contribution in [0.3, 0.4) is 0 Å². The van der Waals surface area contributed by atoms with E-state index in [1.165, 1.54) is 12.3 Å². The van der Waals surface area contributed by atoms with Gasteiger partial charge in [-0.25, -0.2) is 35.9 Å². The molecule has 0 fully saturated rings. The van der Waals surface area contributed by atoms with Crippen LogP contribution < -0.4 is 19.7 Å². The molecule has 4 aromatic rings. The SMILES string of the molecule is O=C(NCc1cc2nc(N3CCOc4cc(OCC(F)F)cnc43)ccc2cn1)c1cc(F)c2c(c1)S(=O)(=O)[C@@H](F)COC2. The summed E-state index contributed by atoms with van der Waals surface area (Å²) < 4.78 is 94.6. The first-order valence-corrected chi connectivity index (χ1v) is 14.8. The van der Waals surface area contributed by atoms with Gasteiger partial charge >= 0.3 is 0 Å². The van der Waals surface area contributed by atoms with Crippen molar-refractivity contribution in [2.24, 2.45) is 0 Å². The summed E-state index contributed by atoms with van der Waals surface area (Å²) in [6.07, 6.45) is 0.250. The lowest BCUT2D eigenvalue weighted by atomic mass is 10.1. The van der Waals surface area contributed by atoms with E-state index in [0.717, 1.165) is 12.1 Å². The predicted octanol–water partition coefficient (Wildman–Crippen LogP) is 3.87. The molecule has 0 radical (unpaired) electrons. The van der Waals surface area contributed by atoms with E-state index in [9.17, 15) is 30.8 Å². The highest BCUT2D eigenvalue weighted by Crippen LogP contribution is 2.37. The zero-order valence-electron chi connectivity index (χ0n) is 22.7. The van der Waals surface area contributed by atoms with Crippen LogP contribution in [0.25, 0.3) is 10.9 Å². The van der Waals surface area contributed by atoms with E-state index in [0.29, 0.717) is 40.5 Å². The number of pyridine rings is 3. The Balaban J connectivity index is 1.20. The summed E-state index contributed by atoms with van der Waals surface area (Å²) in [5.41, 5.74) is -2.09. The van der Waals surface area contributed by atoms with E-state index in [2.05, 4.69) is 15.3 Å². The van der Waals surface area contributed by atoms with Gasteiger partial charge in [-0.05, 0) is 30.3 Å². The van der Waals surface area contributed by atoms with Crippen LogP contribution in [0.5, 0.6) is 11.5 Å². The maximum atomic E-state index is 14.7. The van der Waals surface area contributed by atoms with E-state index in [1.54, 1.807) is 29.3 Å². The van der Waals surface area contributed by atoms with Crippen molar-refractivity contribution in [3.05, 3.63) is 71.4 Å². The Bertz CT molecular complexity index is 1860. The molecule has 44 heavy (non-hydrogen) atoms. The largest absolute Gasteiger partial charge is 0.488 e. The van der Waals surface area contributed by atoms with Crippen LogP contribution in [-0.2, 0) is 27.7 Å². The van der Waals surface area contributed by atoms with Gasteiger partial charge in [-0.1, -0.05) is 0 Å². The van der Waals surface area contributed by atoms with Crippen molar-refractivity contribution >= 4 is 38.3 Å². The van der Waals surface area contributed by atoms with Gasteiger partial charge in [0.25, 0.3) is 12.3 Å². The highest BCUT2D eigenvalue weighted by molar-refractivity contribution is 7.92. The summed E-state index contributed by atoms with van der Waals surface area (Å²) in [5.74, 6) is -0.352. The second-order valence-electron chi connectivity index (χ2n) is 9.82. The number of hydrogen-bond donors (Lipinski definition) is 1. The van der Waals surface area contributed by atoms with Gasteiger partial charge < -0.3 is 24.4 Å². The van der Waals surface area contributed by atoms with Gasteiger partial charge in [0, 0.05) is 28.8 Å². The van der Waals surface area contributed by atoms with Crippen LogP contribution >= 0.6 is 0 Å². The average Bonchev–Trinajstić information content (AvgIpc) is 3.13. The smallest absolute Gasteiger partial charge is 0.272 e. The summed E-state index contributed by atoms with van der Waals surface area (Å²) in [6.45, 7) is -1.37. The molecule has 1 amide bonds. The number of aromatic nitrogens is 3. The van der Waals surface area contributed by atoms with Gasteiger partial charge in [0.2, 0.25) is 15.3 Å². The summed E-state index contributed by atoms with van der Waals surface area (Å²) in [7, 11) is -4.55. The summed E-state index contributed by atoms with van der Waals surface area (Å²) in [5, 5.41) is 3.27. The third-order valence-electron chi connectivity index (χ3n) is 6.89. The summed E-state index contributed by atoms with van der Waals surface area (Å²) in [4.78, 5) is 27.4. The zero-order valence-corrected chi connectivity index (χ0v) is 23.5. The third-order valence-corrected chi connectivity index (χ3v) is 8.68. The van der Waals surface area contributed by atoms with Crippen LogP contribution in [0.15, 0.2) is 53.7 Å². The molecule has 1 atom stereocenters. The second-order valence-corrected chi connectivity index (χ2v) is 11.9. The minimum absolute atomic E-state index is 0.107. The van der Waals surface area contributed by atoms with Gasteiger partial charge in [-0.3, -0.25) is 9.78 Å². The molecular formula is C28H23F4N5O6S. The van der Waals surface area contributed by atoms with Crippen molar-refractivity contribution in [2.45, 2.75) is 30.0 Å². The molecule has 3 aromatic heterocycles. The van der Waals surface area contributed by atoms with Crippen LogP contribution in [0, 0.1) is 5.82 Å². The Morgan fingerprint density at radius 2 is 2.00 bits per heavy atom. The van der Waals surface area contributed by atoms with Crippen LogP contribution in [0.2, 0.25) is 0 Å². The third kappa shape index (κ3) is 5.81. The molecule has 0 saturated carbocycles. The van der Waals surface area contributed by atoms with Crippen molar-refractivity contribution in [3.8, 4) is 11.5 Å². The molecule has 16 heteroatoms. The molecule has 2 aliphatic heterocycles. The lowest BCUT2D eigenvalue weighted by Crippen LogP contribution is -2.30. The number of halogens is 4.